The van der Waals surface area contributed by atoms with Crippen molar-refractivity contribution in [3.05, 3.63) is 66.0 Å². The van der Waals surface area contributed by atoms with Crippen LogP contribution in [0.2, 0.25) is 0 Å². The normalized spacial score (nSPS) is 10.7. The number of fused-ring (bicyclic) bond motifs is 1. The van der Waals surface area contributed by atoms with E-state index < -0.39 is 0 Å². The van der Waals surface area contributed by atoms with E-state index in [4.69, 9.17) is 4.74 Å². The molecule has 3 aromatic rings. The van der Waals surface area contributed by atoms with Crippen molar-refractivity contribution in [1.82, 2.24) is 15.5 Å². The van der Waals surface area contributed by atoms with Crippen LogP contribution < -0.4 is 10.1 Å². The van der Waals surface area contributed by atoms with Gasteiger partial charge in [0.25, 0.3) is 0 Å². The summed E-state index contributed by atoms with van der Waals surface area (Å²) < 4.78 is 5.24. The maximum Gasteiger partial charge on any atom is 0.119 e. The minimum atomic E-state index is 0.717. The number of ether oxygens (including phenoxy) is 1. The van der Waals surface area contributed by atoms with Crippen LogP contribution in [-0.4, -0.2) is 17.3 Å². The Bertz CT molecular complexity index is 728. The monoisotopic (exact) mass is 279 g/mol. The van der Waals surface area contributed by atoms with E-state index in [1.807, 2.05) is 24.3 Å². The lowest BCUT2D eigenvalue weighted by molar-refractivity contribution is 0.415. The van der Waals surface area contributed by atoms with E-state index in [-0.39, 0.29) is 0 Å². The van der Waals surface area contributed by atoms with Gasteiger partial charge in [-0.2, -0.15) is 10.2 Å². The van der Waals surface area contributed by atoms with Crippen LogP contribution in [0, 0.1) is 0 Å². The third kappa shape index (κ3) is 3.35. The Hall–Kier alpha value is -2.46. The summed E-state index contributed by atoms with van der Waals surface area (Å²) in [6.07, 6.45) is 1.68. The van der Waals surface area contributed by atoms with Crippen LogP contribution in [0.5, 0.6) is 5.75 Å². The molecule has 0 aliphatic carbocycles. The Balaban J connectivity index is 1.67. The molecule has 0 aliphatic rings. The van der Waals surface area contributed by atoms with Gasteiger partial charge in [-0.1, -0.05) is 18.2 Å². The van der Waals surface area contributed by atoms with Crippen LogP contribution in [-0.2, 0) is 13.1 Å². The Kier molecular flexibility index (Phi) is 4.07. The van der Waals surface area contributed by atoms with Crippen LogP contribution in [0.3, 0.4) is 0 Å². The van der Waals surface area contributed by atoms with Gasteiger partial charge in [0.05, 0.1) is 12.8 Å². The van der Waals surface area contributed by atoms with E-state index in [0.29, 0.717) is 6.54 Å². The van der Waals surface area contributed by atoms with Crippen LogP contribution in [0.4, 0.5) is 0 Å². The minimum Gasteiger partial charge on any atom is -0.497 e. The van der Waals surface area contributed by atoms with Gasteiger partial charge in [0.15, 0.2) is 0 Å². The van der Waals surface area contributed by atoms with Crippen molar-refractivity contribution in [2.75, 3.05) is 7.11 Å². The highest BCUT2D eigenvalue weighted by Gasteiger charge is 2.00. The van der Waals surface area contributed by atoms with Gasteiger partial charge in [0.1, 0.15) is 5.75 Å². The second-order valence-corrected chi connectivity index (χ2v) is 4.87. The molecule has 106 valence electrons. The number of benzene rings is 2. The smallest absolute Gasteiger partial charge is 0.119 e. The van der Waals surface area contributed by atoms with Gasteiger partial charge in [-0.25, -0.2) is 0 Å². The summed E-state index contributed by atoms with van der Waals surface area (Å²) in [4.78, 5) is 0. The van der Waals surface area contributed by atoms with Gasteiger partial charge < -0.3 is 10.1 Å². The van der Waals surface area contributed by atoms with Crippen molar-refractivity contribution in [3.8, 4) is 5.75 Å². The van der Waals surface area contributed by atoms with Crippen molar-refractivity contribution in [3.63, 3.8) is 0 Å². The predicted molar refractivity (Wildman–Crippen MR) is 83.1 cm³/mol. The first-order valence-electron chi connectivity index (χ1n) is 6.89. The van der Waals surface area contributed by atoms with E-state index in [2.05, 4.69) is 39.8 Å². The first-order chi connectivity index (χ1) is 10.3. The van der Waals surface area contributed by atoms with Crippen molar-refractivity contribution in [1.29, 1.82) is 0 Å². The molecule has 1 N–H and O–H groups in total. The fourth-order valence-electron chi connectivity index (χ4n) is 2.27. The molecule has 4 heteroatoms. The molecule has 0 spiro atoms. The number of nitrogens with one attached hydrogen (secondary N) is 1. The van der Waals surface area contributed by atoms with Crippen molar-refractivity contribution >= 4 is 10.8 Å². The van der Waals surface area contributed by atoms with Gasteiger partial charge in [0, 0.05) is 19.3 Å². The Labute approximate surface area is 123 Å². The van der Waals surface area contributed by atoms with Gasteiger partial charge in [-0.15, -0.1) is 0 Å². The van der Waals surface area contributed by atoms with Crippen LogP contribution in [0.15, 0.2) is 54.7 Å². The summed E-state index contributed by atoms with van der Waals surface area (Å²) in [5.74, 6) is 0.885. The highest BCUT2D eigenvalue weighted by molar-refractivity contribution is 5.84. The average Bonchev–Trinajstić information content (AvgIpc) is 2.55. The zero-order valence-electron chi connectivity index (χ0n) is 11.9. The molecule has 2 aromatic carbocycles. The quantitative estimate of drug-likeness (QED) is 0.780. The van der Waals surface area contributed by atoms with Gasteiger partial charge in [-0.05, 0) is 46.7 Å². The number of rotatable bonds is 5. The van der Waals surface area contributed by atoms with Gasteiger partial charge in [0.2, 0.25) is 0 Å². The van der Waals surface area contributed by atoms with Gasteiger partial charge in [-0.3, -0.25) is 0 Å². The molecule has 0 radical (unpaired) electrons. The standard InChI is InChI=1S/C17H17N3O/c1-21-17-7-6-14-9-13(4-5-15(14)10-17)11-18-12-16-3-2-8-19-20-16/h2-10,18H,11-12H2,1H3. The van der Waals surface area contributed by atoms with Crippen LogP contribution in [0.1, 0.15) is 11.3 Å². The van der Waals surface area contributed by atoms with Crippen molar-refractivity contribution < 1.29 is 4.74 Å². The fraction of sp³-hybridized carbons (Fsp3) is 0.176. The molecule has 0 fully saturated rings. The number of hydrogen-bond donors (Lipinski definition) is 1. The molecule has 21 heavy (non-hydrogen) atoms. The second kappa shape index (κ2) is 6.33. The summed E-state index contributed by atoms with van der Waals surface area (Å²) in [6.45, 7) is 1.52. The number of aromatic nitrogens is 2. The third-order valence-corrected chi connectivity index (χ3v) is 3.37. The SMILES string of the molecule is COc1ccc2cc(CNCc3cccnn3)ccc2c1. The summed E-state index contributed by atoms with van der Waals surface area (Å²) in [5.41, 5.74) is 2.19. The zero-order valence-corrected chi connectivity index (χ0v) is 11.9. The Morgan fingerprint density at radius 2 is 1.86 bits per heavy atom. The number of nitrogens with zero attached hydrogens (tertiary/aromatic N) is 2. The van der Waals surface area contributed by atoms with Crippen molar-refractivity contribution in [2.45, 2.75) is 13.1 Å². The van der Waals surface area contributed by atoms with E-state index in [1.165, 1.54) is 16.3 Å². The van der Waals surface area contributed by atoms with E-state index >= 15 is 0 Å². The molecule has 0 saturated heterocycles. The molecule has 0 bridgehead atoms. The number of hydrogen-bond acceptors (Lipinski definition) is 4. The minimum absolute atomic E-state index is 0.717. The highest BCUT2D eigenvalue weighted by Crippen LogP contribution is 2.21. The lowest BCUT2D eigenvalue weighted by Gasteiger charge is -2.07. The van der Waals surface area contributed by atoms with Crippen LogP contribution >= 0.6 is 0 Å². The van der Waals surface area contributed by atoms with Crippen molar-refractivity contribution in [2.24, 2.45) is 0 Å². The highest BCUT2D eigenvalue weighted by atomic mass is 16.5. The topological polar surface area (TPSA) is 47.0 Å². The Morgan fingerprint density at radius 1 is 1.00 bits per heavy atom. The fourth-order valence-corrected chi connectivity index (χ4v) is 2.27. The molecule has 0 saturated carbocycles. The maximum absolute atomic E-state index is 5.24. The average molecular weight is 279 g/mol. The Morgan fingerprint density at radius 3 is 2.67 bits per heavy atom. The van der Waals surface area contributed by atoms with E-state index in [1.54, 1.807) is 13.3 Å². The lowest BCUT2D eigenvalue weighted by atomic mass is 10.1. The van der Waals surface area contributed by atoms with Gasteiger partial charge >= 0.3 is 0 Å². The molecule has 0 amide bonds. The largest absolute Gasteiger partial charge is 0.497 e. The lowest BCUT2D eigenvalue weighted by Crippen LogP contribution is -2.13. The zero-order chi connectivity index (χ0) is 14.5. The third-order valence-electron chi connectivity index (χ3n) is 3.37. The maximum atomic E-state index is 5.24. The molecular weight excluding hydrogens is 262 g/mol. The molecule has 1 heterocycles. The summed E-state index contributed by atoms with van der Waals surface area (Å²) in [6, 6.07) is 16.4. The molecule has 4 nitrogen and oxygen atoms in total. The summed E-state index contributed by atoms with van der Waals surface area (Å²) >= 11 is 0. The molecule has 0 atom stereocenters. The van der Waals surface area contributed by atoms with E-state index in [0.717, 1.165) is 18.0 Å². The molecule has 0 aliphatic heterocycles. The van der Waals surface area contributed by atoms with E-state index in [9.17, 15) is 0 Å². The molecule has 1 aromatic heterocycles. The first kappa shape index (κ1) is 13.5. The van der Waals surface area contributed by atoms with Crippen LogP contribution in [0.25, 0.3) is 10.8 Å². The number of methoxy groups -OCH3 is 1. The predicted octanol–water partition coefficient (Wildman–Crippen LogP) is 2.93. The molecular formula is C17H17N3O. The summed E-state index contributed by atoms with van der Waals surface area (Å²) in [7, 11) is 1.69. The molecule has 0 unspecified atom stereocenters. The second-order valence-electron chi connectivity index (χ2n) is 4.87. The first-order valence-corrected chi connectivity index (χ1v) is 6.89. The molecule has 3 rings (SSSR count). The summed E-state index contributed by atoms with van der Waals surface area (Å²) in [5, 5.41) is 13.7.